The van der Waals surface area contributed by atoms with Crippen LogP contribution in [0.1, 0.15) is 71.3 Å². The first-order valence-corrected chi connectivity index (χ1v) is 8.19. The van der Waals surface area contributed by atoms with Crippen molar-refractivity contribution in [2.75, 3.05) is 0 Å². The van der Waals surface area contributed by atoms with E-state index in [1.807, 2.05) is 0 Å². The van der Waals surface area contributed by atoms with E-state index in [0.29, 0.717) is 11.5 Å². The molecule has 0 aliphatic heterocycles. The SMILES string of the molecule is CCc1cc(CC)n(C2CC(C(C)(C)C)CCC2N)n1. The number of aryl methyl sites for hydroxylation is 2. The van der Waals surface area contributed by atoms with Gasteiger partial charge in [-0.25, -0.2) is 0 Å². The molecule has 1 fully saturated rings. The minimum absolute atomic E-state index is 0.253. The zero-order valence-corrected chi connectivity index (χ0v) is 13.8. The van der Waals surface area contributed by atoms with Gasteiger partial charge in [-0.3, -0.25) is 4.68 Å². The van der Waals surface area contributed by atoms with Crippen LogP contribution >= 0.6 is 0 Å². The highest BCUT2D eigenvalue weighted by molar-refractivity contribution is 5.12. The fraction of sp³-hybridized carbons (Fsp3) is 0.824. The van der Waals surface area contributed by atoms with E-state index >= 15 is 0 Å². The van der Waals surface area contributed by atoms with E-state index in [1.165, 1.54) is 24.2 Å². The molecule has 1 heterocycles. The lowest BCUT2D eigenvalue weighted by molar-refractivity contribution is 0.123. The molecule has 0 spiro atoms. The Bertz CT molecular complexity index is 442. The smallest absolute Gasteiger partial charge is 0.0676 e. The highest BCUT2D eigenvalue weighted by Gasteiger charge is 2.36. The zero-order chi connectivity index (χ0) is 14.9. The summed E-state index contributed by atoms with van der Waals surface area (Å²) in [7, 11) is 0. The third kappa shape index (κ3) is 3.08. The molecule has 3 atom stereocenters. The summed E-state index contributed by atoms with van der Waals surface area (Å²) in [6.45, 7) is 11.4. The molecule has 2 N–H and O–H groups in total. The van der Waals surface area contributed by atoms with Crippen LogP contribution in [0.4, 0.5) is 0 Å². The maximum atomic E-state index is 6.43. The van der Waals surface area contributed by atoms with Gasteiger partial charge in [0.2, 0.25) is 0 Å². The first-order chi connectivity index (χ1) is 9.36. The molecule has 0 radical (unpaired) electrons. The third-order valence-electron chi connectivity index (χ3n) is 5.00. The molecule has 2 rings (SSSR count). The number of hydrogen-bond donors (Lipinski definition) is 1. The van der Waals surface area contributed by atoms with Crippen molar-refractivity contribution in [1.29, 1.82) is 0 Å². The quantitative estimate of drug-likeness (QED) is 0.915. The lowest BCUT2D eigenvalue weighted by Crippen LogP contribution is -2.41. The maximum Gasteiger partial charge on any atom is 0.0676 e. The zero-order valence-electron chi connectivity index (χ0n) is 13.8. The summed E-state index contributed by atoms with van der Waals surface area (Å²) in [5, 5.41) is 4.83. The van der Waals surface area contributed by atoms with Crippen molar-refractivity contribution < 1.29 is 0 Å². The topological polar surface area (TPSA) is 43.8 Å². The average Bonchev–Trinajstić information content (AvgIpc) is 2.81. The van der Waals surface area contributed by atoms with Gasteiger partial charge in [0, 0.05) is 11.7 Å². The largest absolute Gasteiger partial charge is 0.326 e. The minimum Gasteiger partial charge on any atom is -0.326 e. The van der Waals surface area contributed by atoms with Crippen LogP contribution in [-0.2, 0) is 12.8 Å². The predicted octanol–water partition coefficient (Wildman–Crippen LogP) is 3.72. The van der Waals surface area contributed by atoms with E-state index in [0.717, 1.165) is 25.2 Å². The van der Waals surface area contributed by atoms with E-state index in [9.17, 15) is 0 Å². The fourth-order valence-electron chi connectivity index (χ4n) is 3.45. The molecular weight excluding hydrogens is 246 g/mol. The summed E-state index contributed by atoms with van der Waals surface area (Å²) in [4.78, 5) is 0. The van der Waals surface area contributed by atoms with Gasteiger partial charge in [-0.2, -0.15) is 5.10 Å². The second-order valence-corrected chi connectivity index (χ2v) is 7.39. The fourth-order valence-corrected chi connectivity index (χ4v) is 3.45. The molecule has 0 amide bonds. The van der Waals surface area contributed by atoms with Gasteiger partial charge in [0.25, 0.3) is 0 Å². The van der Waals surface area contributed by atoms with Gasteiger partial charge in [-0.05, 0) is 49.5 Å². The molecule has 1 saturated carbocycles. The molecule has 1 aromatic heterocycles. The summed E-state index contributed by atoms with van der Waals surface area (Å²) in [6.07, 6.45) is 5.59. The van der Waals surface area contributed by atoms with E-state index in [2.05, 4.69) is 45.4 Å². The molecule has 3 nitrogen and oxygen atoms in total. The Balaban J connectivity index is 2.27. The van der Waals surface area contributed by atoms with Crippen molar-refractivity contribution in [3.05, 3.63) is 17.5 Å². The van der Waals surface area contributed by atoms with Crippen LogP contribution in [0.25, 0.3) is 0 Å². The van der Waals surface area contributed by atoms with Crippen molar-refractivity contribution >= 4 is 0 Å². The van der Waals surface area contributed by atoms with Crippen LogP contribution < -0.4 is 5.73 Å². The van der Waals surface area contributed by atoms with Crippen LogP contribution in [0, 0.1) is 11.3 Å². The summed E-state index contributed by atoms with van der Waals surface area (Å²) in [6, 6.07) is 2.89. The van der Waals surface area contributed by atoms with E-state index in [1.54, 1.807) is 0 Å². The number of nitrogens with two attached hydrogens (primary N) is 1. The third-order valence-corrected chi connectivity index (χ3v) is 5.00. The van der Waals surface area contributed by atoms with Gasteiger partial charge in [0.15, 0.2) is 0 Å². The van der Waals surface area contributed by atoms with Crippen molar-refractivity contribution in [3.63, 3.8) is 0 Å². The Kier molecular flexibility index (Phi) is 4.58. The Hall–Kier alpha value is -0.830. The first-order valence-electron chi connectivity index (χ1n) is 8.19. The summed E-state index contributed by atoms with van der Waals surface area (Å²) >= 11 is 0. The van der Waals surface area contributed by atoms with Crippen molar-refractivity contribution in [2.45, 2.75) is 78.8 Å². The summed E-state index contributed by atoms with van der Waals surface area (Å²) in [5.74, 6) is 0.742. The highest BCUT2D eigenvalue weighted by Crippen LogP contribution is 2.41. The highest BCUT2D eigenvalue weighted by atomic mass is 15.3. The van der Waals surface area contributed by atoms with Gasteiger partial charge in [0.05, 0.1) is 11.7 Å². The Labute approximate surface area is 123 Å². The number of aromatic nitrogens is 2. The maximum absolute atomic E-state index is 6.43. The van der Waals surface area contributed by atoms with Gasteiger partial charge in [-0.1, -0.05) is 34.6 Å². The van der Waals surface area contributed by atoms with Gasteiger partial charge >= 0.3 is 0 Å². The Morgan fingerprint density at radius 2 is 1.95 bits per heavy atom. The standard InChI is InChI=1S/C17H31N3/c1-6-13-11-14(7-2)20(19-13)16-10-12(17(3,4)5)8-9-15(16)18/h11-12,15-16H,6-10,18H2,1-5H3. The molecule has 0 saturated heterocycles. The van der Waals surface area contributed by atoms with Crippen LogP contribution in [0.5, 0.6) is 0 Å². The minimum atomic E-state index is 0.253. The van der Waals surface area contributed by atoms with Crippen LogP contribution in [0.15, 0.2) is 6.07 Å². The van der Waals surface area contributed by atoms with Crippen LogP contribution in [-0.4, -0.2) is 15.8 Å². The van der Waals surface area contributed by atoms with Crippen molar-refractivity contribution in [1.82, 2.24) is 9.78 Å². The molecule has 1 aliphatic carbocycles. The monoisotopic (exact) mass is 277 g/mol. The Morgan fingerprint density at radius 3 is 2.50 bits per heavy atom. The second-order valence-electron chi connectivity index (χ2n) is 7.39. The number of hydrogen-bond acceptors (Lipinski definition) is 2. The van der Waals surface area contributed by atoms with Crippen LogP contribution in [0.3, 0.4) is 0 Å². The van der Waals surface area contributed by atoms with Crippen LogP contribution in [0.2, 0.25) is 0 Å². The predicted molar refractivity (Wildman–Crippen MR) is 84.8 cm³/mol. The summed E-state index contributed by atoms with van der Waals surface area (Å²) < 4.78 is 2.25. The average molecular weight is 277 g/mol. The van der Waals surface area contributed by atoms with E-state index in [-0.39, 0.29) is 6.04 Å². The van der Waals surface area contributed by atoms with Crippen molar-refractivity contribution in [3.8, 4) is 0 Å². The molecule has 0 aromatic carbocycles. The Morgan fingerprint density at radius 1 is 1.25 bits per heavy atom. The lowest BCUT2D eigenvalue weighted by atomic mass is 9.70. The van der Waals surface area contributed by atoms with Gasteiger partial charge < -0.3 is 5.73 Å². The number of nitrogens with zero attached hydrogens (tertiary/aromatic N) is 2. The molecule has 0 bridgehead atoms. The normalized spacial score (nSPS) is 27.8. The number of rotatable bonds is 3. The lowest BCUT2D eigenvalue weighted by Gasteiger charge is -2.41. The second kappa shape index (κ2) is 5.88. The molecule has 1 aromatic rings. The molecular formula is C17H31N3. The van der Waals surface area contributed by atoms with Gasteiger partial charge in [-0.15, -0.1) is 0 Å². The van der Waals surface area contributed by atoms with Gasteiger partial charge in [0.1, 0.15) is 0 Å². The molecule has 20 heavy (non-hydrogen) atoms. The van der Waals surface area contributed by atoms with E-state index in [4.69, 9.17) is 10.8 Å². The molecule has 3 heteroatoms. The molecule has 1 aliphatic rings. The van der Waals surface area contributed by atoms with Crippen molar-refractivity contribution in [2.24, 2.45) is 17.1 Å². The first kappa shape index (κ1) is 15.6. The molecule has 3 unspecified atom stereocenters. The summed E-state index contributed by atoms with van der Waals surface area (Å²) in [5.41, 5.74) is 9.34. The molecule has 114 valence electrons. The van der Waals surface area contributed by atoms with E-state index < -0.39 is 0 Å².